The summed E-state index contributed by atoms with van der Waals surface area (Å²) in [6.07, 6.45) is 9.99. The fraction of sp³-hybridized carbons (Fsp3) is 0.308. The molecular weight excluding hydrogens is 527 g/mol. The Morgan fingerprint density at radius 3 is 2.68 bits per heavy atom. The number of carbonyl (C=O) groups is 1. The number of rotatable bonds is 6. The number of benzene rings is 1. The van der Waals surface area contributed by atoms with Crippen LogP contribution >= 0.6 is 11.3 Å². The van der Waals surface area contributed by atoms with Crippen LogP contribution in [-0.2, 0) is 23.5 Å². The zero-order valence-corrected chi connectivity index (χ0v) is 22.4. The van der Waals surface area contributed by atoms with E-state index >= 15 is 0 Å². The van der Waals surface area contributed by atoms with Gasteiger partial charge in [-0.1, -0.05) is 5.57 Å². The number of fused-ring (bicyclic) bond motifs is 2. The number of Topliss-reactive ketones (excluding diaryl/α,β-unsaturated/α-hetero) is 1. The number of ketones is 1. The van der Waals surface area contributed by atoms with Gasteiger partial charge < -0.3 is 0 Å². The monoisotopic (exact) mass is 552 g/mol. The number of aryl methyl sites for hydroxylation is 1. The highest BCUT2D eigenvalue weighted by atomic mass is 32.2. The summed E-state index contributed by atoms with van der Waals surface area (Å²) in [5.74, 6) is -0.430. The fourth-order valence-corrected chi connectivity index (χ4v) is 7.66. The second kappa shape index (κ2) is 9.07. The van der Waals surface area contributed by atoms with Crippen LogP contribution in [0.25, 0.3) is 11.8 Å². The van der Waals surface area contributed by atoms with Crippen molar-refractivity contribution in [2.45, 2.75) is 36.6 Å². The van der Waals surface area contributed by atoms with Gasteiger partial charge in [0.05, 0.1) is 29.2 Å². The summed E-state index contributed by atoms with van der Waals surface area (Å²) in [7, 11) is -0.554. The Hall–Kier alpha value is -3.48. The number of thiazole rings is 1. The van der Waals surface area contributed by atoms with Crippen LogP contribution in [-0.4, -0.2) is 56.1 Å². The van der Waals surface area contributed by atoms with Gasteiger partial charge in [0.1, 0.15) is 10.7 Å². The molecule has 0 unspecified atom stereocenters. The topological polar surface area (TPSA) is 103 Å². The number of nitrogens with zero attached hydrogens (tertiary/aromatic N) is 6. The van der Waals surface area contributed by atoms with Crippen LogP contribution in [0.4, 0.5) is 4.39 Å². The van der Waals surface area contributed by atoms with Crippen LogP contribution in [0.2, 0.25) is 0 Å². The molecule has 3 aromatic heterocycles. The van der Waals surface area contributed by atoms with Gasteiger partial charge in [0, 0.05) is 37.9 Å². The molecule has 12 heteroatoms. The lowest BCUT2D eigenvalue weighted by atomic mass is 9.61. The number of carbonyl (C=O) groups excluding carboxylic acids is 1. The van der Waals surface area contributed by atoms with E-state index in [0.717, 1.165) is 22.5 Å². The van der Waals surface area contributed by atoms with E-state index in [1.165, 1.54) is 44.9 Å². The molecule has 0 spiro atoms. The third kappa shape index (κ3) is 3.94. The van der Waals surface area contributed by atoms with Crippen molar-refractivity contribution in [3.05, 3.63) is 82.1 Å². The van der Waals surface area contributed by atoms with E-state index in [0.29, 0.717) is 30.7 Å². The summed E-state index contributed by atoms with van der Waals surface area (Å²) in [5, 5.41) is 10.8. The highest BCUT2D eigenvalue weighted by Crippen LogP contribution is 2.51. The van der Waals surface area contributed by atoms with Crippen LogP contribution in [0.3, 0.4) is 0 Å². The third-order valence-corrected chi connectivity index (χ3v) is 10.3. The van der Waals surface area contributed by atoms with E-state index in [9.17, 15) is 17.6 Å². The highest BCUT2D eigenvalue weighted by molar-refractivity contribution is 7.89. The standard InChI is InChI=1S/C26H25FN6O3S2/c1-31-16-22(15-29-31)38(35,36)32(2)21-6-3-18-11-23-17(14-30-33(23)20-7-4-19(27)5-8-20)12-26(18,13-21)24(34)25-28-9-10-37-25/h4-5,7-11,14-16,21H,3,6,12-13H2,1-2H3/t21-,26-/m0/s1. The van der Waals surface area contributed by atoms with Crippen molar-refractivity contribution < 1.29 is 17.6 Å². The van der Waals surface area contributed by atoms with Gasteiger partial charge in [-0.25, -0.2) is 22.5 Å². The Morgan fingerprint density at radius 2 is 2.00 bits per heavy atom. The molecule has 2 aliphatic carbocycles. The second-order valence-electron chi connectivity index (χ2n) is 9.81. The SMILES string of the molecule is CN([C@H]1CCC2=Cc3c(cnn3-c3ccc(F)cc3)C[C@]2(C(=O)c2nccs2)C1)S(=O)(=O)c1cnn(C)c1. The first-order valence-corrected chi connectivity index (χ1v) is 14.5. The Labute approximate surface area is 223 Å². The summed E-state index contributed by atoms with van der Waals surface area (Å²) in [6.45, 7) is 0. The van der Waals surface area contributed by atoms with Gasteiger partial charge in [-0.2, -0.15) is 14.5 Å². The number of allylic oxidation sites excluding steroid dienone is 1. The van der Waals surface area contributed by atoms with Crippen molar-refractivity contribution in [2.75, 3.05) is 7.05 Å². The van der Waals surface area contributed by atoms with E-state index in [1.54, 1.807) is 48.7 Å². The first-order valence-electron chi connectivity index (χ1n) is 12.1. The summed E-state index contributed by atoms with van der Waals surface area (Å²) < 4.78 is 44.9. The molecule has 0 bridgehead atoms. The summed E-state index contributed by atoms with van der Waals surface area (Å²) in [4.78, 5) is 18.5. The molecule has 1 aromatic carbocycles. The largest absolute Gasteiger partial charge is 0.290 e. The maximum atomic E-state index is 14.1. The number of halogens is 1. The molecule has 1 saturated carbocycles. The molecule has 9 nitrogen and oxygen atoms in total. The first kappa shape index (κ1) is 24.8. The molecule has 196 valence electrons. The summed E-state index contributed by atoms with van der Waals surface area (Å²) >= 11 is 1.29. The minimum Gasteiger partial charge on any atom is -0.290 e. The van der Waals surface area contributed by atoms with Crippen molar-refractivity contribution >= 4 is 33.2 Å². The average Bonchev–Trinajstić information content (AvgIpc) is 3.68. The molecule has 2 atom stereocenters. The zero-order chi connectivity index (χ0) is 26.7. The lowest BCUT2D eigenvalue weighted by Gasteiger charge is -2.45. The van der Waals surface area contributed by atoms with Crippen molar-refractivity contribution in [1.82, 2.24) is 28.9 Å². The van der Waals surface area contributed by atoms with Gasteiger partial charge in [-0.15, -0.1) is 11.3 Å². The van der Waals surface area contributed by atoms with Gasteiger partial charge >= 0.3 is 0 Å². The quantitative estimate of drug-likeness (QED) is 0.337. The Kier molecular flexibility index (Phi) is 5.93. The van der Waals surface area contributed by atoms with Crippen LogP contribution in [0.1, 0.15) is 40.3 Å². The highest BCUT2D eigenvalue weighted by Gasteiger charge is 2.51. The van der Waals surface area contributed by atoms with Gasteiger partial charge in [0.15, 0.2) is 5.01 Å². The van der Waals surface area contributed by atoms with E-state index < -0.39 is 21.5 Å². The second-order valence-corrected chi connectivity index (χ2v) is 12.7. The molecule has 0 aliphatic heterocycles. The molecule has 38 heavy (non-hydrogen) atoms. The smallest absolute Gasteiger partial charge is 0.246 e. The molecule has 0 amide bonds. The van der Waals surface area contributed by atoms with Crippen LogP contribution in [0.5, 0.6) is 0 Å². The van der Waals surface area contributed by atoms with Crippen molar-refractivity contribution in [1.29, 1.82) is 0 Å². The van der Waals surface area contributed by atoms with E-state index in [4.69, 9.17) is 0 Å². The summed E-state index contributed by atoms with van der Waals surface area (Å²) in [6, 6.07) is 5.71. The van der Waals surface area contributed by atoms with E-state index in [-0.39, 0.29) is 16.5 Å². The van der Waals surface area contributed by atoms with Gasteiger partial charge in [0.2, 0.25) is 15.8 Å². The molecule has 4 aromatic rings. The lowest BCUT2D eigenvalue weighted by Crippen LogP contribution is -2.49. The molecule has 2 aliphatic rings. The first-order chi connectivity index (χ1) is 18.2. The predicted octanol–water partition coefficient (Wildman–Crippen LogP) is 3.88. The van der Waals surface area contributed by atoms with Gasteiger partial charge in [-0.3, -0.25) is 9.48 Å². The molecule has 0 radical (unpaired) electrons. The molecular formula is C26H25FN6O3S2. The van der Waals surface area contributed by atoms with E-state index in [1.807, 2.05) is 6.08 Å². The van der Waals surface area contributed by atoms with Crippen LogP contribution in [0, 0.1) is 11.2 Å². The van der Waals surface area contributed by atoms with Crippen molar-refractivity contribution in [2.24, 2.45) is 12.5 Å². The minimum absolute atomic E-state index is 0.101. The summed E-state index contributed by atoms with van der Waals surface area (Å²) in [5.41, 5.74) is 2.45. The number of sulfonamides is 1. The predicted molar refractivity (Wildman–Crippen MR) is 140 cm³/mol. The third-order valence-electron chi connectivity index (χ3n) is 7.64. The van der Waals surface area contributed by atoms with Gasteiger partial charge in [-0.05, 0) is 61.6 Å². The molecule has 6 rings (SSSR count). The van der Waals surface area contributed by atoms with Crippen LogP contribution in [0.15, 0.2) is 64.9 Å². The Bertz CT molecular complexity index is 1660. The Morgan fingerprint density at radius 1 is 1.21 bits per heavy atom. The normalized spacial score (nSPS) is 21.2. The Balaban J connectivity index is 1.40. The average molecular weight is 553 g/mol. The maximum Gasteiger partial charge on any atom is 0.246 e. The number of aromatic nitrogens is 5. The van der Waals surface area contributed by atoms with Gasteiger partial charge in [0.25, 0.3) is 0 Å². The van der Waals surface area contributed by atoms with Crippen molar-refractivity contribution in [3.63, 3.8) is 0 Å². The number of hydrogen-bond acceptors (Lipinski definition) is 7. The molecule has 0 saturated heterocycles. The fourth-order valence-electron chi connectivity index (χ4n) is 5.62. The molecule has 3 heterocycles. The zero-order valence-electron chi connectivity index (χ0n) is 20.8. The van der Waals surface area contributed by atoms with Crippen molar-refractivity contribution in [3.8, 4) is 5.69 Å². The number of hydrogen-bond donors (Lipinski definition) is 0. The maximum absolute atomic E-state index is 14.1. The molecule has 0 N–H and O–H groups in total. The lowest BCUT2D eigenvalue weighted by molar-refractivity contribution is 0.0752. The van der Waals surface area contributed by atoms with Crippen LogP contribution < -0.4 is 0 Å². The van der Waals surface area contributed by atoms with E-state index in [2.05, 4.69) is 15.2 Å². The molecule has 1 fully saturated rings. The minimum atomic E-state index is -3.80.